The Bertz CT molecular complexity index is 245. The number of hydrogen-bond acceptors (Lipinski definition) is 3. The number of pyridine rings is 1. The lowest BCUT2D eigenvalue weighted by atomic mass is 10.0. The second kappa shape index (κ2) is 3.60. The first-order valence-corrected chi connectivity index (χ1v) is 3.74. The Labute approximate surface area is 70.6 Å². The number of hydrogen-bond donors (Lipinski definition) is 2. The van der Waals surface area contributed by atoms with Crippen LogP contribution >= 0.6 is 0 Å². The monoisotopic (exact) mass is 169 g/mol. The highest BCUT2D eigenvalue weighted by Gasteiger charge is 2.10. The predicted molar refractivity (Wildman–Crippen MR) is 44.8 cm³/mol. The Hall–Kier alpha value is -1.00. The molecule has 0 aliphatic carbocycles. The van der Waals surface area contributed by atoms with E-state index in [-0.39, 0.29) is 12.1 Å². The Morgan fingerprint density at radius 3 is 2.50 bits per heavy atom. The van der Waals surface area contributed by atoms with E-state index in [1.165, 1.54) is 12.3 Å². The predicted octanol–water partition coefficient (Wildman–Crippen LogP) is 0.568. The maximum atomic E-state index is 12.4. The standard InChI is InChI=1S/C8H12FN3/c1-5(10)8(11)6-2-3-7(9)12-4-6/h2-5,8H,10-11H2,1H3. The van der Waals surface area contributed by atoms with Crippen molar-refractivity contribution in [3.8, 4) is 0 Å². The summed E-state index contributed by atoms with van der Waals surface area (Å²) in [5.41, 5.74) is 12.0. The van der Waals surface area contributed by atoms with Gasteiger partial charge in [-0.25, -0.2) is 4.98 Å². The molecule has 3 nitrogen and oxygen atoms in total. The van der Waals surface area contributed by atoms with Crippen LogP contribution in [0.4, 0.5) is 4.39 Å². The Kier molecular flexibility index (Phi) is 2.73. The third-order valence-electron chi connectivity index (χ3n) is 1.70. The van der Waals surface area contributed by atoms with Crippen molar-refractivity contribution in [1.82, 2.24) is 4.98 Å². The van der Waals surface area contributed by atoms with Gasteiger partial charge in [0.2, 0.25) is 5.95 Å². The molecule has 0 saturated carbocycles. The smallest absolute Gasteiger partial charge is 0.212 e. The van der Waals surface area contributed by atoms with Gasteiger partial charge in [0.25, 0.3) is 0 Å². The minimum absolute atomic E-state index is 0.155. The molecule has 66 valence electrons. The second-order valence-corrected chi connectivity index (χ2v) is 2.80. The van der Waals surface area contributed by atoms with E-state index in [9.17, 15) is 4.39 Å². The maximum Gasteiger partial charge on any atom is 0.212 e. The number of nitrogens with two attached hydrogens (primary N) is 2. The molecule has 4 N–H and O–H groups in total. The third kappa shape index (κ3) is 1.99. The first-order valence-electron chi connectivity index (χ1n) is 3.74. The van der Waals surface area contributed by atoms with E-state index < -0.39 is 5.95 Å². The van der Waals surface area contributed by atoms with Crippen molar-refractivity contribution in [2.24, 2.45) is 11.5 Å². The lowest BCUT2D eigenvalue weighted by Crippen LogP contribution is -2.31. The van der Waals surface area contributed by atoms with E-state index in [1.807, 2.05) is 0 Å². The van der Waals surface area contributed by atoms with Crippen molar-refractivity contribution in [1.29, 1.82) is 0 Å². The van der Waals surface area contributed by atoms with Gasteiger partial charge in [0.05, 0.1) is 0 Å². The summed E-state index contributed by atoms with van der Waals surface area (Å²) in [5, 5.41) is 0. The molecule has 2 atom stereocenters. The van der Waals surface area contributed by atoms with Crippen LogP contribution < -0.4 is 11.5 Å². The molecule has 0 amide bonds. The van der Waals surface area contributed by atoms with E-state index in [2.05, 4.69) is 4.98 Å². The zero-order chi connectivity index (χ0) is 9.14. The van der Waals surface area contributed by atoms with Gasteiger partial charge in [0.15, 0.2) is 0 Å². The van der Waals surface area contributed by atoms with Gasteiger partial charge in [0.1, 0.15) is 0 Å². The van der Waals surface area contributed by atoms with E-state index in [0.717, 1.165) is 5.56 Å². The Morgan fingerprint density at radius 1 is 1.42 bits per heavy atom. The summed E-state index contributed by atoms with van der Waals surface area (Å²) < 4.78 is 12.4. The Morgan fingerprint density at radius 2 is 2.08 bits per heavy atom. The van der Waals surface area contributed by atoms with Crippen molar-refractivity contribution in [3.05, 3.63) is 29.8 Å². The van der Waals surface area contributed by atoms with E-state index in [4.69, 9.17) is 11.5 Å². The van der Waals surface area contributed by atoms with Gasteiger partial charge in [-0.05, 0) is 18.6 Å². The first kappa shape index (κ1) is 9.09. The number of aromatic nitrogens is 1. The average molecular weight is 169 g/mol. The first-order chi connectivity index (χ1) is 5.61. The molecule has 0 radical (unpaired) electrons. The zero-order valence-electron chi connectivity index (χ0n) is 6.87. The molecule has 0 saturated heterocycles. The molecular formula is C8H12FN3. The number of rotatable bonds is 2. The van der Waals surface area contributed by atoms with Gasteiger partial charge in [-0.2, -0.15) is 4.39 Å². The van der Waals surface area contributed by atoms with Crippen molar-refractivity contribution in [3.63, 3.8) is 0 Å². The minimum Gasteiger partial charge on any atom is -0.326 e. The maximum absolute atomic E-state index is 12.4. The largest absolute Gasteiger partial charge is 0.326 e. The fourth-order valence-electron chi connectivity index (χ4n) is 0.888. The molecule has 1 heterocycles. The second-order valence-electron chi connectivity index (χ2n) is 2.80. The summed E-state index contributed by atoms with van der Waals surface area (Å²) in [6, 6.07) is 2.43. The number of halogens is 1. The van der Waals surface area contributed by atoms with Crippen LogP contribution in [0, 0.1) is 5.95 Å². The van der Waals surface area contributed by atoms with Crippen molar-refractivity contribution in [2.45, 2.75) is 19.0 Å². The molecule has 4 heteroatoms. The summed E-state index contributed by atoms with van der Waals surface area (Å²) in [6.45, 7) is 1.80. The SMILES string of the molecule is CC(N)C(N)c1ccc(F)nc1. The highest BCUT2D eigenvalue weighted by atomic mass is 19.1. The molecule has 0 spiro atoms. The average Bonchev–Trinajstić information content (AvgIpc) is 2.04. The van der Waals surface area contributed by atoms with Crippen LogP contribution in [0.15, 0.2) is 18.3 Å². The summed E-state index contributed by atoms with van der Waals surface area (Å²) in [5.74, 6) is -0.504. The van der Waals surface area contributed by atoms with Crippen LogP contribution in [0.25, 0.3) is 0 Å². The van der Waals surface area contributed by atoms with Crippen molar-refractivity contribution < 1.29 is 4.39 Å². The molecule has 0 aromatic carbocycles. The fraction of sp³-hybridized carbons (Fsp3) is 0.375. The number of nitrogens with zero attached hydrogens (tertiary/aromatic N) is 1. The lowest BCUT2D eigenvalue weighted by Gasteiger charge is -2.14. The summed E-state index contributed by atoms with van der Waals surface area (Å²) in [7, 11) is 0. The van der Waals surface area contributed by atoms with Gasteiger partial charge < -0.3 is 11.5 Å². The summed E-state index contributed by atoms with van der Waals surface area (Å²) in [6.07, 6.45) is 1.41. The molecule has 0 bridgehead atoms. The Balaban J connectivity index is 2.82. The van der Waals surface area contributed by atoms with Crippen LogP contribution in [-0.4, -0.2) is 11.0 Å². The van der Waals surface area contributed by atoms with Gasteiger partial charge >= 0.3 is 0 Å². The third-order valence-corrected chi connectivity index (χ3v) is 1.70. The lowest BCUT2D eigenvalue weighted by molar-refractivity contribution is 0.563. The molecule has 1 aromatic heterocycles. The van der Waals surface area contributed by atoms with Crippen LogP contribution in [0.5, 0.6) is 0 Å². The zero-order valence-corrected chi connectivity index (χ0v) is 6.87. The van der Waals surface area contributed by atoms with Gasteiger partial charge in [-0.15, -0.1) is 0 Å². The quantitative estimate of drug-likeness (QED) is 0.636. The molecule has 12 heavy (non-hydrogen) atoms. The highest BCUT2D eigenvalue weighted by Crippen LogP contribution is 2.11. The van der Waals surface area contributed by atoms with Crippen LogP contribution in [0.3, 0.4) is 0 Å². The molecular weight excluding hydrogens is 157 g/mol. The molecule has 0 aliphatic rings. The topological polar surface area (TPSA) is 64.9 Å². The molecule has 1 aromatic rings. The van der Waals surface area contributed by atoms with E-state index >= 15 is 0 Å². The fourth-order valence-corrected chi connectivity index (χ4v) is 0.888. The van der Waals surface area contributed by atoms with Crippen LogP contribution in [0.1, 0.15) is 18.5 Å². The van der Waals surface area contributed by atoms with Gasteiger partial charge in [0, 0.05) is 18.3 Å². The molecule has 1 rings (SSSR count). The molecule has 0 aliphatic heterocycles. The molecule has 0 fully saturated rings. The van der Waals surface area contributed by atoms with Gasteiger partial charge in [-0.1, -0.05) is 6.07 Å². The summed E-state index contributed by atoms with van der Waals surface area (Å²) in [4.78, 5) is 3.48. The minimum atomic E-state index is -0.504. The highest BCUT2D eigenvalue weighted by molar-refractivity contribution is 5.15. The van der Waals surface area contributed by atoms with Crippen molar-refractivity contribution in [2.75, 3.05) is 0 Å². The van der Waals surface area contributed by atoms with Crippen LogP contribution in [-0.2, 0) is 0 Å². The van der Waals surface area contributed by atoms with Crippen LogP contribution in [0.2, 0.25) is 0 Å². The summed E-state index contributed by atoms with van der Waals surface area (Å²) >= 11 is 0. The van der Waals surface area contributed by atoms with E-state index in [1.54, 1.807) is 13.0 Å². The van der Waals surface area contributed by atoms with Gasteiger partial charge in [-0.3, -0.25) is 0 Å². The van der Waals surface area contributed by atoms with Crippen molar-refractivity contribution >= 4 is 0 Å². The molecule has 2 unspecified atom stereocenters. The van der Waals surface area contributed by atoms with E-state index in [0.29, 0.717) is 0 Å². The normalized spacial score (nSPS) is 15.7.